The smallest absolute Gasteiger partial charge is 0.307 e. The number of azo groups is 1. The van der Waals surface area contributed by atoms with Gasteiger partial charge in [-0.15, -0.1) is 10.2 Å². The van der Waals surface area contributed by atoms with Crippen LogP contribution in [0.15, 0.2) is 89.2 Å². The van der Waals surface area contributed by atoms with E-state index in [1.54, 1.807) is 24.3 Å². The maximum atomic E-state index is 10.8. The molecular weight excluding hydrogens is 340 g/mol. The number of benzene rings is 2. The number of aromatic nitrogens is 2. The Morgan fingerprint density at radius 3 is 2.41 bits per heavy atom. The van der Waals surface area contributed by atoms with Gasteiger partial charge in [-0.2, -0.15) is 0 Å². The van der Waals surface area contributed by atoms with E-state index >= 15 is 0 Å². The quantitative estimate of drug-likeness (QED) is 0.509. The van der Waals surface area contributed by atoms with Crippen LogP contribution >= 0.6 is 0 Å². The molecular formula is C21H16N4O2. The Morgan fingerprint density at radius 1 is 0.926 bits per heavy atom. The Kier molecular flexibility index (Phi) is 4.45. The molecule has 0 spiro atoms. The zero-order valence-corrected chi connectivity index (χ0v) is 14.4. The molecule has 2 heterocycles. The maximum Gasteiger partial charge on any atom is 0.307 e. The number of hydrogen-bond donors (Lipinski definition) is 1. The zero-order chi connectivity index (χ0) is 18.6. The summed E-state index contributed by atoms with van der Waals surface area (Å²) in [5, 5.41) is 17.6. The van der Waals surface area contributed by atoms with Gasteiger partial charge in [0.2, 0.25) is 0 Å². The van der Waals surface area contributed by atoms with Gasteiger partial charge >= 0.3 is 5.97 Å². The number of imidazole rings is 1. The molecule has 0 saturated carbocycles. The molecule has 0 aliphatic rings. The second kappa shape index (κ2) is 7.21. The number of aliphatic carboxylic acids is 1. The van der Waals surface area contributed by atoms with Crippen molar-refractivity contribution in [2.45, 2.75) is 6.42 Å². The number of carbonyl (C=O) groups is 1. The van der Waals surface area contributed by atoms with Gasteiger partial charge in [0.25, 0.3) is 0 Å². The fourth-order valence-corrected chi connectivity index (χ4v) is 2.83. The van der Waals surface area contributed by atoms with Gasteiger partial charge in [-0.25, -0.2) is 4.98 Å². The summed E-state index contributed by atoms with van der Waals surface area (Å²) in [6.45, 7) is 0. The average Bonchev–Trinajstić information content (AvgIpc) is 3.06. The van der Waals surface area contributed by atoms with Gasteiger partial charge < -0.3 is 5.11 Å². The number of carboxylic acids is 1. The van der Waals surface area contributed by atoms with Gasteiger partial charge in [0.15, 0.2) is 5.82 Å². The molecule has 27 heavy (non-hydrogen) atoms. The van der Waals surface area contributed by atoms with Crippen molar-refractivity contribution in [3.63, 3.8) is 0 Å². The van der Waals surface area contributed by atoms with Gasteiger partial charge in [0.1, 0.15) is 11.3 Å². The van der Waals surface area contributed by atoms with Gasteiger partial charge in [-0.1, -0.05) is 48.5 Å². The third kappa shape index (κ3) is 3.59. The van der Waals surface area contributed by atoms with E-state index in [0.29, 0.717) is 11.5 Å². The van der Waals surface area contributed by atoms with E-state index < -0.39 is 5.97 Å². The largest absolute Gasteiger partial charge is 0.481 e. The molecule has 0 bridgehead atoms. The molecule has 0 amide bonds. The minimum Gasteiger partial charge on any atom is -0.481 e. The molecule has 2 aromatic carbocycles. The lowest BCUT2D eigenvalue weighted by Gasteiger charge is -2.00. The standard InChI is InChI=1S/C21H16N4O2/c26-19(27)14-15-9-11-17(12-10-15)23-24-21-20(16-6-2-1-3-7-16)22-18-8-4-5-13-25(18)21/h1-13H,14H2,(H,26,27). The van der Waals surface area contributed by atoms with Crippen molar-refractivity contribution >= 4 is 23.1 Å². The minimum absolute atomic E-state index is 0.0111. The Morgan fingerprint density at radius 2 is 1.67 bits per heavy atom. The lowest BCUT2D eigenvalue weighted by molar-refractivity contribution is -0.136. The number of pyridine rings is 1. The summed E-state index contributed by atoms with van der Waals surface area (Å²) in [6, 6.07) is 22.6. The van der Waals surface area contributed by atoms with Crippen molar-refractivity contribution in [2.24, 2.45) is 10.2 Å². The number of hydrogen-bond acceptors (Lipinski definition) is 4. The summed E-state index contributed by atoms with van der Waals surface area (Å²) >= 11 is 0. The molecule has 0 fully saturated rings. The molecule has 6 heteroatoms. The van der Waals surface area contributed by atoms with Crippen LogP contribution in [0, 0.1) is 0 Å². The Labute approximate surface area is 155 Å². The van der Waals surface area contributed by atoms with E-state index in [1.165, 1.54) is 0 Å². The fourth-order valence-electron chi connectivity index (χ4n) is 2.83. The monoisotopic (exact) mass is 356 g/mol. The highest BCUT2D eigenvalue weighted by Gasteiger charge is 2.13. The second-order valence-corrected chi connectivity index (χ2v) is 6.02. The Bertz CT molecular complexity index is 1120. The lowest BCUT2D eigenvalue weighted by atomic mass is 10.1. The number of rotatable bonds is 5. The van der Waals surface area contributed by atoms with Crippen LogP contribution in [0.4, 0.5) is 11.5 Å². The molecule has 132 valence electrons. The third-order valence-corrected chi connectivity index (χ3v) is 4.10. The van der Waals surface area contributed by atoms with Crippen LogP contribution in [0.1, 0.15) is 5.56 Å². The Hall–Kier alpha value is -3.80. The van der Waals surface area contributed by atoms with E-state index in [9.17, 15) is 4.79 Å². The first-order chi connectivity index (χ1) is 13.2. The summed E-state index contributed by atoms with van der Waals surface area (Å²) in [4.78, 5) is 15.5. The third-order valence-electron chi connectivity index (χ3n) is 4.10. The summed E-state index contributed by atoms with van der Waals surface area (Å²) in [5.41, 5.74) is 3.89. The highest BCUT2D eigenvalue weighted by molar-refractivity contribution is 5.74. The van der Waals surface area contributed by atoms with Crippen molar-refractivity contribution in [3.05, 3.63) is 84.6 Å². The second-order valence-electron chi connectivity index (χ2n) is 6.02. The van der Waals surface area contributed by atoms with E-state index in [0.717, 1.165) is 22.5 Å². The van der Waals surface area contributed by atoms with Gasteiger partial charge in [0, 0.05) is 11.8 Å². The van der Waals surface area contributed by atoms with Crippen molar-refractivity contribution in [1.82, 2.24) is 9.38 Å². The summed E-state index contributed by atoms with van der Waals surface area (Å²) in [6.07, 6.45) is 1.89. The van der Waals surface area contributed by atoms with Crippen LogP contribution in [0.5, 0.6) is 0 Å². The first kappa shape index (κ1) is 16.7. The molecule has 0 aliphatic heterocycles. The highest BCUT2D eigenvalue weighted by Crippen LogP contribution is 2.32. The van der Waals surface area contributed by atoms with Gasteiger partial charge in [0.05, 0.1) is 12.1 Å². The van der Waals surface area contributed by atoms with E-state index in [2.05, 4.69) is 15.2 Å². The summed E-state index contributed by atoms with van der Waals surface area (Å²) in [7, 11) is 0. The fraction of sp³-hybridized carbons (Fsp3) is 0.0476. The summed E-state index contributed by atoms with van der Waals surface area (Å²) < 4.78 is 1.89. The van der Waals surface area contributed by atoms with Crippen LogP contribution in [0.2, 0.25) is 0 Å². The lowest BCUT2D eigenvalue weighted by Crippen LogP contribution is -1.99. The molecule has 4 rings (SSSR count). The first-order valence-electron chi connectivity index (χ1n) is 8.46. The maximum absolute atomic E-state index is 10.8. The number of fused-ring (bicyclic) bond motifs is 1. The Balaban J connectivity index is 1.72. The van der Waals surface area contributed by atoms with Crippen LogP contribution in [-0.2, 0) is 11.2 Å². The molecule has 6 nitrogen and oxygen atoms in total. The molecule has 4 aromatic rings. The predicted octanol–water partition coefficient (Wildman–Crippen LogP) is 5.04. The normalized spacial score (nSPS) is 11.3. The first-order valence-corrected chi connectivity index (χ1v) is 8.46. The van der Waals surface area contributed by atoms with Gasteiger partial charge in [-0.3, -0.25) is 9.20 Å². The molecule has 0 unspecified atom stereocenters. The molecule has 0 atom stereocenters. The minimum atomic E-state index is -0.859. The summed E-state index contributed by atoms with van der Waals surface area (Å²) in [5.74, 6) is -0.214. The van der Waals surface area contributed by atoms with Crippen LogP contribution in [0.25, 0.3) is 16.9 Å². The molecule has 1 N–H and O–H groups in total. The number of nitrogens with zero attached hydrogens (tertiary/aromatic N) is 4. The van der Waals surface area contributed by atoms with Gasteiger partial charge in [-0.05, 0) is 29.8 Å². The highest BCUT2D eigenvalue weighted by atomic mass is 16.4. The van der Waals surface area contributed by atoms with Crippen molar-refractivity contribution in [3.8, 4) is 11.3 Å². The SMILES string of the molecule is O=C(O)Cc1ccc(N=Nc2c(-c3ccccc3)nc3ccccn23)cc1. The van der Waals surface area contributed by atoms with Crippen LogP contribution < -0.4 is 0 Å². The molecule has 2 aromatic heterocycles. The van der Waals surface area contributed by atoms with Crippen LogP contribution in [0.3, 0.4) is 0 Å². The van der Waals surface area contributed by atoms with Crippen molar-refractivity contribution in [2.75, 3.05) is 0 Å². The van der Waals surface area contributed by atoms with Crippen LogP contribution in [-0.4, -0.2) is 20.5 Å². The van der Waals surface area contributed by atoms with E-state index in [4.69, 9.17) is 5.11 Å². The van der Waals surface area contributed by atoms with Crippen molar-refractivity contribution < 1.29 is 9.90 Å². The van der Waals surface area contributed by atoms with E-state index in [-0.39, 0.29) is 6.42 Å². The van der Waals surface area contributed by atoms with Crippen molar-refractivity contribution in [1.29, 1.82) is 0 Å². The topological polar surface area (TPSA) is 79.3 Å². The van der Waals surface area contributed by atoms with E-state index in [1.807, 2.05) is 59.1 Å². The average molecular weight is 356 g/mol. The molecule has 0 radical (unpaired) electrons. The zero-order valence-electron chi connectivity index (χ0n) is 14.4. The molecule has 0 aliphatic carbocycles. The number of carboxylic acid groups (broad SMARTS) is 1. The predicted molar refractivity (Wildman–Crippen MR) is 103 cm³/mol. The molecule has 0 saturated heterocycles.